The van der Waals surface area contributed by atoms with Gasteiger partial charge in [0.1, 0.15) is 12.4 Å². The van der Waals surface area contributed by atoms with Gasteiger partial charge in [0.05, 0.1) is 5.60 Å². The van der Waals surface area contributed by atoms with Crippen molar-refractivity contribution in [3.63, 3.8) is 0 Å². The smallest absolute Gasteiger partial charge is 0.126 e. The number of aliphatic hydroxyl groups is 1. The van der Waals surface area contributed by atoms with Crippen LogP contribution in [0, 0.1) is 6.92 Å². The van der Waals surface area contributed by atoms with Gasteiger partial charge in [-0.3, -0.25) is 0 Å². The maximum Gasteiger partial charge on any atom is 0.126 e. The highest BCUT2D eigenvalue weighted by atomic mass is 79.9. The summed E-state index contributed by atoms with van der Waals surface area (Å²) < 4.78 is 6.86. The Morgan fingerprint density at radius 2 is 2.11 bits per heavy atom. The second-order valence-electron chi connectivity index (χ2n) is 4.88. The first-order chi connectivity index (χ1) is 8.39. The molecule has 102 valence electrons. The molecule has 0 saturated heterocycles. The van der Waals surface area contributed by atoms with E-state index in [1.165, 1.54) is 0 Å². The first-order valence-electron chi connectivity index (χ1n) is 6.18. The van der Waals surface area contributed by atoms with Gasteiger partial charge in [-0.05, 0) is 45.0 Å². The summed E-state index contributed by atoms with van der Waals surface area (Å²) in [6, 6.07) is 4.06. The molecule has 18 heavy (non-hydrogen) atoms. The Kier molecular flexibility index (Phi) is 5.63. The van der Waals surface area contributed by atoms with Crippen LogP contribution in [0.25, 0.3) is 0 Å². The Labute approximate surface area is 118 Å². The van der Waals surface area contributed by atoms with E-state index < -0.39 is 5.60 Å². The molecular formula is C14H22BrNO2. The van der Waals surface area contributed by atoms with E-state index in [-0.39, 0.29) is 0 Å². The molecule has 0 aliphatic rings. The number of halogens is 1. The second-order valence-corrected chi connectivity index (χ2v) is 5.80. The molecule has 1 unspecified atom stereocenters. The summed E-state index contributed by atoms with van der Waals surface area (Å²) >= 11 is 3.49. The second kappa shape index (κ2) is 6.55. The molecule has 0 bridgehead atoms. The van der Waals surface area contributed by atoms with Crippen LogP contribution in [0.2, 0.25) is 0 Å². The number of nitrogens with one attached hydrogen (secondary N) is 1. The lowest BCUT2D eigenvalue weighted by molar-refractivity contribution is 0.00796. The predicted octanol–water partition coefficient (Wildman–Crippen LogP) is 3.02. The van der Waals surface area contributed by atoms with Crippen LogP contribution >= 0.6 is 15.9 Å². The highest BCUT2D eigenvalue weighted by Crippen LogP contribution is 2.29. The van der Waals surface area contributed by atoms with E-state index in [0.29, 0.717) is 13.0 Å². The fraction of sp³-hybridized carbons (Fsp3) is 0.571. The summed E-state index contributed by atoms with van der Waals surface area (Å²) in [5.41, 5.74) is 1.38. The lowest BCUT2D eigenvalue weighted by Gasteiger charge is -2.23. The molecule has 0 spiro atoms. The van der Waals surface area contributed by atoms with Crippen molar-refractivity contribution in [2.24, 2.45) is 0 Å². The lowest BCUT2D eigenvalue weighted by atomic mass is 10.1. The molecule has 1 aromatic rings. The highest BCUT2D eigenvalue weighted by molar-refractivity contribution is 9.10. The average molecular weight is 316 g/mol. The van der Waals surface area contributed by atoms with Crippen molar-refractivity contribution in [1.82, 2.24) is 5.32 Å². The zero-order chi connectivity index (χ0) is 13.8. The molecule has 0 fully saturated rings. The van der Waals surface area contributed by atoms with Crippen molar-refractivity contribution in [2.45, 2.75) is 39.3 Å². The van der Waals surface area contributed by atoms with E-state index in [9.17, 15) is 5.11 Å². The standard InChI is InChI=1S/C14H22BrNO2/c1-5-14(3,17)9-18-13-10(2)6-12(15)7-11(13)8-16-4/h6-7,16-17H,5,8-9H2,1-4H3. The summed E-state index contributed by atoms with van der Waals surface area (Å²) in [5, 5.41) is 13.1. The van der Waals surface area contributed by atoms with Gasteiger partial charge in [-0.25, -0.2) is 0 Å². The molecule has 0 saturated carbocycles. The van der Waals surface area contributed by atoms with Gasteiger partial charge in [0.25, 0.3) is 0 Å². The van der Waals surface area contributed by atoms with Crippen molar-refractivity contribution >= 4 is 15.9 Å². The van der Waals surface area contributed by atoms with Gasteiger partial charge in [-0.2, -0.15) is 0 Å². The molecule has 1 atom stereocenters. The fourth-order valence-corrected chi connectivity index (χ4v) is 2.28. The lowest BCUT2D eigenvalue weighted by Crippen LogP contribution is -2.31. The van der Waals surface area contributed by atoms with E-state index in [2.05, 4.69) is 21.2 Å². The van der Waals surface area contributed by atoms with Crippen LogP contribution in [-0.2, 0) is 6.54 Å². The summed E-state index contributed by atoms with van der Waals surface area (Å²) in [6.07, 6.45) is 0.671. The first-order valence-corrected chi connectivity index (χ1v) is 6.97. The molecule has 2 N–H and O–H groups in total. The number of rotatable bonds is 6. The number of hydrogen-bond donors (Lipinski definition) is 2. The zero-order valence-electron chi connectivity index (χ0n) is 11.5. The largest absolute Gasteiger partial charge is 0.490 e. The SMILES string of the molecule is CCC(C)(O)COc1c(C)cc(Br)cc1CNC. The average Bonchev–Trinajstić information content (AvgIpc) is 2.28. The third-order valence-electron chi connectivity index (χ3n) is 2.97. The van der Waals surface area contributed by atoms with E-state index in [0.717, 1.165) is 27.9 Å². The normalized spacial score (nSPS) is 14.3. The molecule has 3 nitrogen and oxygen atoms in total. The topological polar surface area (TPSA) is 41.5 Å². The van der Waals surface area contributed by atoms with Crippen molar-refractivity contribution in [3.8, 4) is 5.75 Å². The van der Waals surface area contributed by atoms with Crippen molar-refractivity contribution in [1.29, 1.82) is 0 Å². The molecule has 0 aliphatic carbocycles. The van der Waals surface area contributed by atoms with Crippen LogP contribution in [0.3, 0.4) is 0 Å². The van der Waals surface area contributed by atoms with Gasteiger partial charge in [0.15, 0.2) is 0 Å². The van der Waals surface area contributed by atoms with Gasteiger partial charge >= 0.3 is 0 Å². The van der Waals surface area contributed by atoms with Crippen LogP contribution in [-0.4, -0.2) is 24.4 Å². The number of ether oxygens (including phenoxy) is 1. The van der Waals surface area contributed by atoms with Gasteiger partial charge in [-0.1, -0.05) is 22.9 Å². The summed E-state index contributed by atoms with van der Waals surface area (Å²) in [7, 11) is 1.90. The van der Waals surface area contributed by atoms with Gasteiger partial charge in [0.2, 0.25) is 0 Å². The first kappa shape index (κ1) is 15.5. The minimum absolute atomic E-state index is 0.308. The monoisotopic (exact) mass is 315 g/mol. The summed E-state index contributed by atoms with van der Waals surface area (Å²) in [6.45, 7) is 6.80. The Hall–Kier alpha value is -0.580. The summed E-state index contributed by atoms with van der Waals surface area (Å²) in [4.78, 5) is 0. The zero-order valence-corrected chi connectivity index (χ0v) is 13.1. The van der Waals surface area contributed by atoms with Gasteiger partial charge in [-0.15, -0.1) is 0 Å². The van der Waals surface area contributed by atoms with E-state index in [1.54, 1.807) is 6.92 Å². The number of hydrogen-bond acceptors (Lipinski definition) is 3. The van der Waals surface area contributed by atoms with Crippen LogP contribution in [0.5, 0.6) is 5.75 Å². The number of benzene rings is 1. The van der Waals surface area contributed by atoms with E-state index >= 15 is 0 Å². The minimum atomic E-state index is -0.781. The molecule has 0 aromatic heterocycles. The quantitative estimate of drug-likeness (QED) is 0.848. The maximum absolute atomic E-state index is 10.0. The van der Waals surface area contributed by atoms with Crippen molar-refractivity contribution < 1.29 is 9.84 Å². The van der Waals surface area contributed by atoms with E-state index in [4.69, 9.17) is 4.74 Å². The highest BCUT2D eigenvalue weighted by Gasteiger charge is 2.20. The van der Waals surface area contributed by atoms with Gasteiger partial charge in [0, 0.05) is 16.6 Å². The van der Waals surface area contributed by atoms with E-state index in [1.807, 2.05) is 33.0 Å². The molecule has 0 amide bonds. The third-order valence-corrected chi connectivity index (χ3v) is 3.43. The maximum atomic E-state index is 10.0. The van der Waals surface area contributed by atoms with Crippen molar-refractivity contribution in [2.75, 3.05) is 13.7 Å². The Balaban J connectivity index is 2.93. The third kappa shape index (κ3) is 4.26. The Morgan fingerprint density at radius 3 is 2.67 bits per heavy atom. The molecule has 0 aliphatic heterocycles. The van der Waals surface area contributed by atoms with Crippen LogP contribution in [0.15, 0.2) is 16.6 Å². The minimum Gasteiger partial charge on any atom is -0.490 e. The van der Waals surface area contributed by atoms with Gasteiger partial charge < -0.3 is 15.2 Å². The van der Waals surface area contributed by atoms with Crippen molar-refractivity contribution in [3.05, 3.63) is 27.7 Å². The fourth-order valence-electron chi connectivity index (χ4n) is 1.66. The molecule has 4 heteroatoms. The predicted molar refractivity (Wildman–Crippen MR) is 78.1 cm³/mol. The number of aryl methyl sites for hydroxylation is 1. The molecule has 1 rings (SSSR count). The van der Waals surface area contributed by atoms with Crippen LogP contribution < -0.4 is 10.1 Å². The van der Waals surface area contributed by atoms with Crippen LogP contribution in [0.4, 0.5) is 0 Å². The molecule has 0 radical (unpaired) electrons. The Bertz CT molecular complexity index is 405. The van der Waals surface area contributed by atoms with Crippen LogP contribution in [0.1, 0.15) is 31.4 Å². The Morgan fingerprint density at radius 1 is 1.44 bits per heavy atom. The molecule has 1 aromatic carbocycles. The molecular weight excluding hydrogens is 294 g/mol. The summed E-state index contributed by atoms with van der Waals surface area (Å²) in [5.74, 6) is 0.862. The molecule has 0 heterocycles.